The number of benzene rings is 3. The average Bonchev–Trinajstić information content (AvgIpc) is 3.64. The number of carbonyl (C=O) groups is 1. The van der Waals surface area contributed by atoms with Crippen molar-refractivity contribution >= 4 is 44.8 Å². The summed E-state index contributed by atoms with van der Waals surface area (Å²) in [6, 6.07) is 28.2. The van der Waals surface area contributed by atoms with Crippen LogP contribution in [0.25, 0.3) is 33.1 Å². The topological polar surface area (TPSA) is 79.5 Å². The van der Waals surface area contributed by atoms with Crippen molar-refractivity contribution in [2.45, 2.75) is 40.5 Å². The summed E-state index contributed by atoms with van der Waals surface area (Å²) in [7, 11) is 0. The van der Waals surface area contributed by atoms with Gasteiger partial charge in [0.15, 0.2) is 0 Å². The van der Waals surface area contributed by atoms with E-state index in [1.807, 2.05) is 87.5 Å². The van der Waals surface area contributed by atoms with E-state index >= 15 is 0 Å². The van der Waals surface area contributed by atoms with E-state index in [4.69, 9.17) is 9.57 Å². The number of allylic oxidation sites excluding steroid dienone is 1. The van der Waals surface area contributed by atoms with E-state index in [0.29, 0.717) is 24.3 Å². The van der Waals surface area contributed by atoms with Crippen LogP contribution in [0.4, 0.5) is 0 Å². The highest BCUT2D eigenvalue weighted by Gasteiger charge is 2.13. The Kier molecular flexibility index (Phi) is 11.7. The monoisotopic (exact) mass is 565 g/mol. The largest absolute Gasteiger partial charge is 0.466 e. The Morgan fingerprint density at radius 3 is 1.98 bits per heavy atom. The number of aromatic amines is 2. The van der Waals surface area contributed by atoms with Gasteiger partial charge in [0.05, 0.1) is 12.0 Å². The molecule has 0 amide bonds. The summed E-state index contributed by atoms with van der Waals surface area (Å²) >= 11 is 0. The van der Waals surface area contributed by atoms with Gasteiger partial charge >= 0.3 is 5.97 Å². The Balaban J connectivity index is 0.000000507. The van der Waals surface area contributed by atoms with E-state index in [9.17, 15) is 4.79 Å². The normalized spacial score (nSPS) is 10.6. The maximum absolute atomic E-state index is 11.3. The molecule has 0 aliphatic carbocycles. The van der Waals surface area contributed by atoms with Crippen molar-refractivity contribution in [2.24, 2.45) is 5.16 Å². The molecule has 5 aromatic rings. The fourth-order valence-corrected chi connectivity index (χ4v) is 4.31. The molecule has 42 heavy (non-hydrogen) atoms. The molecule has 0 atom stereocenters. The zero-order chi connectivity index (χ0) is 30.5. The van der Waals surface area contributed by atoms with Crippen LogP contribution in [0.1, 0.15) is 59.5 Å². The maximum atomic E-state index is 11.3. The van der Waals surface area contributed by atoms with Crippen LogP contribution in [-0.4, -0.2) is 21.6 Å². The van der Waals surface area contributed by atoms with Crippen LogP contribution in [-0.2, 0) is 20.8 Å². The quantitative estimate of drug-likeness (QED) is 0.0808. The standard InChI is InChI=1S/C23H22N2O3.C11H11N.C2H6.2H2/c1-4-27-16(2)20-11-7-5-9-18(20)13-14-22(25-28-17(3)26)23-15-19-10-6-8-12-21(19)24-23;1-8(2)11-7-9-5-3-4-6-10(9)12-11;1-2;;/h4-12,15,24H,1-2,13-14H2,3H3;3-7,12H,1H2,2H3;1-2H3;2*1H/b25-22+;;;;. The molecular formula is C36H43N3O3. The van der Waals surface area contributed by atoms with E-state index in [0.717, 1.165) is 39.0 Å². The highest BCUT2D eigenvalue weighted by molar-refractivity contribution is 6.03. The number of para-hydroxylation sites is 2. The van der Waals surface area contributed by atoms with Gasteiger partial charge in [-0.3, -0.25) is 0 Å². The molecular weight excluding hydrogens is 522 g/mol. The summed E-state index contributed by atoms with van der Waals surface area (Å²) in [5, 5.41) is 6.40. The first-order valence-electron chi connectivity index (χ1n) is 14.0. The van der Waals surface area contributed by atoms with Gasteiger partial charge in [0.2, 0.25) is 0 Å². The first kappa shape index (κ1) is 31.4. The highest BCUT2D eigenvalue weighted by Crippen LogP contribution is 2.23. The molecule has 220 valence electrons. The summed E-state index contributed by atoms with van der Waals surface area (Å²) < 4.78 is 5.34. The first-order chi connectivity index (χ1) is 20.4. The molecule has 2 N–H and O–H groups in total. The summed E-state index contributed by atoms with van der Waals surface area (Å²) in [5.74, 6) is 0.0801. The summed E-state index contributed by atoms with van der Waals surface area (Å²) in [6.45, 7) is 18.8. The van der Waals surface area contributed by atoms with Crippen LogP contribution in [0.3, 0.4) is 0 Å². The molecule has 0 fully saturated rings. The third-order valence-corrected chi connectivity index (χ3v) is 6.29. The Labute approximate surface area is 251 Å². The molecule has 2 aromatic heterocycles. The third kappa shape index (κ3) is 8.45. The number of aryl methyl sites for hydroxylation is 1. The molecule has 0 radical (unpaired) electrons. The van der Waals surface area contributed by atoms with Gasteiger partial charge < -0.3 is 19.5 Å². The molecule has 2 heterocycles. The molecule has 0 saturated heterocycles. The zero-order valence-corrected chi connectivity index (χ0v) is 24.9. The van der Waals surface area contributed by atoms with E-state index in [2.05, 4.69) is 53.1 Å². The maximum Gasteiger partial charge on any atom is 0.331 e. The number of fused-ring (bicyclic) bond motifs is 2. The van der Waals surface area contributed by atoms with Gasteiger partial charge in [-0.15, -0.1) is 0 Å². The fourth-order valence-electron chi connectivity index (χ4n) is 4.31. The van der Waals surface area contributed by atoms with Gasteiger partial charge in [-0.05, 0) is 60.6 Å². The number of rotatable bonds is 9. The number of oxime groups is 1. The zero-order valence-electron chi connectivity index (χ0n) is 24.9. The van der Waals surface area contributed by atoms with E-state index in [1.165, 1.54) is 24.1 Å². The third-order valence-electron chi connectivity index (χ3n) is 6.29. The molecule has 0 bridgehead atoms. The molecule has 0 aliphatic rings. The summed E-state index contributed by atoms with van der Waals surface area (Å²) in [4.78, 5) is 22.8. The molecule has 0 spiro atoms. The van der Waals surface area contributed by atoms with Gasteiger partial charge in [-0.2, -0.15) is 0 Å². The van der Waals surface area contributed by atoms with E-state index < -0.39 is 5.97 Å². The van der Waals surface area contributed by atoms with Crippen molar-refractivity contribution < 1.29 is 17.2 Å². The Morgan fingerprint density at radius 1 is 0.857 bits per heavy atom. The van der Waals surface area contributed by atoms with Crippen molar-refractivity contribution in [2.75, 3.05) is 0 Å². The molecule has 5 rings (SSSR count). The molecule has 0 unspecified atom stereocenters. The Bertz CT molecular complexity index is 1650. The number of carbonyl (C=O) groups excluding carboxylic acids is 1. The van der Waals surface area contributed by atoms with Crippen LogP contribution in [0.5, 0.6) is 0 Å². The number of nitrogens with one attached hydrogen (secondary N) is 2. The predicted molar refractivity (Wildman–Crippen MR) is 180 cm³/mol. The minimum atomic E-state index is -0.457. The van der Waals surface area contributed by atoms with Gasteiger partial charge in [0, 0.05) is 37.5 Å². The lowest BCUT2D eigenvalue weighted by Gasteiger charge is -2.11. The van der Waals surface area contributed by atoms with Crippen molar-refractivity contribution in [3.63, 3.8) is 0 Å². The lowest BCUT2D eigenvalue weighted by Crippen LogP contribution is -2.07. The number of hydrogen-bond donors (Lipinski definition) is 2. The van der Waals surface area contributed by atoms with Crippen LogP contribution < -0.4 is 0 Å². The molecule has 0 saturated carbocycles. The van der Waals surface area contributed by atoms with Crippen molar-refractivity contribution in [3.05, 3.63) is 133 Å². The van der Waals surface area contributed by atoms with Gasteiger partial charge in [-0.1, -0.05) is 99.4 Å². The lowest BCUT2D eigenvalue weighted by atomic mass is 9.99. The van der Waals surface area contributed by atoms with E-state index in [-0.39, 0.29) is 2.85 Å². The SMILES string of the molecule is C=C(C)c1cc2ccccc2[nH]1.C=COC(=C)c1ccccc1CC/C(=N\OC(C)=O)c1cc2ccccc2[nH]1.CC.[HH].[HH]. The van der Waals surface area contributed by atoms with Crippen LogP contribution >= 0.6 is 0 Å². The van der Waals surface area contributed by atoms with Gasteiger partial charge in [-0.25, -0.2) is 4.79 Å². The highest BCUT2D eigenvalue weighted by atomic mass is 16.7. The van der Waals surface area contributed by atoms with Crippen LogP contribution in [0, 0.1) is 0 Å². The summed E-state index contributed by atoms with van der Waals surface area (Å²) in [6.07, 6.45) is 2.60. The number of aromatic nitrogens is 2. The van der Waals surface area contributed by atoms with Crippen molar-refractivity contribution in [3.8, 4) is 0 Å². The average molecular weight is 566 g/mol. The van der Waals surface area contributed by atoms with Crippen LogP contribution in [0.15, 0.2) is 116 Å². The second kappa shape index (κ2) is 15.6. The number of ether oxygens (including phenoxy) is 1. The molecule has 6 nitrogen and oxygen atoms in total. The van der Waals surface area contributed by atoms with Crippen molar-refractivity contribution in [1.29, 1.82) is 0 Å². The smallest absolute Gasteiger partial charge is 0.331 e. The Hall–Kier alpha value is -5.10. The number of H-pyrrole nitrogens is 2. The van der Waals surface area contributed by atoms with Gasteiger partial charge in [0.1, 0.15) is 11.5 Å². The predicted octanol–water partition coefficient (Wildman–Crippen LogP) is 9.92. The van der Waals surface area contributed by atoms with E-state index in [1.54, 1.807) is 0 Å². The number of nitrogens with zero attached hydrogens (tertiary/aromatic N) is 1. The first-order valence-corrected chi connectivity index (χ1v) is 14.0. The van der Waals surface area contributed by atoms with Crippen LogP contribution in [0.2, 0.25) is 0 Å². The fraction of sp³-hybridized carbons (Fsp3) is 0.167. The second-order valence-electron chi connectivity index (χ2n) is 9.31. The van der Waals surface area contributed by atoms with Crippen molar-refractivity contribution in [1.82, 2.24) is 9.97 Å². The number of hydrogen-bond acceptors (Lipinski definition) is 4. The Morgan fingerprint density at radius 2 is 1.40 bits per heavy atom. The molecule has 0 aliphatic heterocycles. The minimum absolute atomic E-state index is 0. The summed E-state index contributed by atoms with van der Waals surface area (Å²) in [5.41, 5.74) is 7.82. The molecule has 6 heteroatoms. The van der Waals surface area contributed by atoms with Gasteiger partial charge in [0.25, 0.3) is 0 Å². The molecule has 3 aromatic carbocycles. The second-order valence-corrected chi connectivity index (χ2v) is 9.31. The minimum Gasteiger partial charge on any atom is -0.466 e. The lowest BCUT2D eigenvalue weighted by molar-refractivity contribution is -0.140.